The highest BCUT2D eigenvalue weighted by Crippen LogP contribution is 2.25. The third-order valence-electron chi connectivity index (χ3n) is 4.50. The van der Waals surface area contributed by atoms with E-state index in [1.807, 2.05) is 12.1 Å². The summed E-state index contributed by atoms with van der Waals surface area (Å²) in [7, 11) is 3.46. The molecule has 2 rings (SSSR count). The van der Waals surface area contributed by atoms with E-state index in [0.29, 0.717) is 6.04 Å². The van der Waals surface area contributed by atoms with Crippen LogP contribution < -0.4 is 4.74 Å². The Morgan fingerprint density at radius 3 is 2.64 bits per heavy atom. The molecule has 4 heteroatoms. The summed E-state index contributed by atoms with van der Waals surface area (Å²) in [6.45, 7) is 2.76. The highest BCUT2D eigenvalue weighted by atomic mass is 16.5. The van der Waals surface area contributed by atoms with Crippen molar-refractivity contribution in [3.8, 4) is 5.75 Å². The SMILES string of the molecule is COCCCN(Cc1cccc(OC)c1)C1CCC(O)CC1. The van der Waals surface area contributed by atoms with E-state index in [-0.39, 0.29) is 6.10 Å². The number of hydrogen-bond acceptors (Lipinski definition) is 4. The van der Waals surface area contributed by atoms with Gasteiger partial charge in [-0.3, -0.25) is 4.90 Å². The molecule has 0 bridgehead atoms. The fourth-order valence-corrected chi connectivity index (χ4v) is 3.23. The van der Waals surface area contributed by atoms with E-state index in [1.165, 1.54) is 5.56 Å². The molecule has 1 aliphatic rings. The molecule has 1 fully saturated rings. The highest BCUT2D eigenvalue weighted by molar-refractivity contribution is 5.28. The van der Waals surface area contributed by atoms with Gasteiger partial charge in [-0.15, -0.1) is 0 Å². The number of hydrogen-bond donors (Lipinski definition) is 1. The minimum Gasteiger partial charge on any atom is -0.497 e. The van der Waals surface area contributed by atoms with Gasteiger partial charge in [0.25, 0.3) is 0 Å². The minimum absolute atomic E-state index is 0.103. The predicted octanol–water partition coefficient (Wildman–Crippen LogP) is 2.84. The lowest BCUT2D eigenvalue weighted by atomic mass is 9.91. The molecule has 0 heterocycles. The third kappa shape index (κ3) is 5.27. The van der Waals surface area contributed by atoms with Crippen molar-refractivity contribution in [1.29, 1.82) is 0 Å². The molecule has 0 spiro atoms. The van der Waals surface area contributed by atoms with Gasteiger partial charge in [0, 0.05) is 32.8 Å². The Kier molecular flexibility index (Phi) is 7.16. The van der Waals surface area contributed by atoms with Gasteiger partial charge in [0.15, 0.2) is 0 Å². The quantitative estimate of drug-likeness (QED) is 0.750. The molecule has 1 aromatic carbocycles. The molecule has 1 N–H and O–H groups in total. The number of methoxy groups -OCH3 is 2. The van der Waals surface area contributed by atoms with Gasteiger partial charge in [0.1, 0.15) is 5.75 Å². The van der Waals surface area contributed by atoms with Crippen molar-refractivity contribution in [2.75, 3.05) is 27.4 Å². The molecule has 4 nitrogen and oxygen atoms in total. The molecule has 22 heavy (non-hydrogen) atoms. The standard InChI is InChI=1S/C18H29NO3/c1-21-12-4-11-19(16-7-9-17(20)10-8-16)14-15-5-3-6-18(13-15)22-2/h3,5-6,13,16-17,20H,4,7-12,14H2,1-2H3. The van der Waals surface area contributed by atoms with E-state index in [1.54, 1.807) is 14.2 Å². The third-order valence-corrected chi connectivity index (χ3v) is 4.50. The molecular formula is C18H29NO3. The molecule has 1 aliphatic carbocycles. The lowest BCUT2D eigenvalue weighted by Gasteiger charge is -2.36. The van der Waals surface area contributed by atoms with Crippen LogP contribution >= 0.6 is 0 Å². The molecule has 1 saturated carbocycles. The zero-order valence-electron chi connectivity index (χ0n) is 13.8. The fraction of sp³-hybridized carbons (Fsp3) is 0.667. The molecule has 0 atom stereocenters. The number of rotatable bonds is 8. The number of ether oxygens (including phenoxy) is 2. The molecule has 0 saturated heterocycles. The molecule has 0 unspecified atom stereocenters. The molecule has 1 aromatic rings. The topological polar surface area (TPSA) is 41.9 Å². The van der Waals surface area contributed by atoms with E-state index in [0.717, 1.165) is 57.6 Å². The summed E-state index contributed by atoms with van der Waals surface area (Å²) in [6, 6.07) is 8.86. The molecule has 0 aliphatic heterocycles. The monoisotopic (exact) mass is 307 g/mol. The Morgan fingerprint density at radius 1 is 1.18 bits per heavy atom. The lowest BCUT2D eigenvalue weighted by molar-refractivity contribution is 0.0649. The van der Waals surface area contributed by atoms with E-state index >= 15 is 0 Å². The fourth-order valence-electron chi connectivity index (χ4n) is 3.23. The van der Waals surface area contributed by atoms with E-state index in [4.69, 9.17) is 9.47 Å². The first kappa shape index (κ1) is 17.3. The summed E-state index contributed by atoms with van der Waals surface area (Å²) < 4.78 is 10.5. The van der Waals surface area contributed by atoms with Crippen molar-refractivity contribution in [3.63, 3.8) is 0 Å². The van der Waals surface area contributed by atoms with Crippen molar-refractivity contribution in [3.05, 3.63) is 29.8 Å². The van der Waals surface area contributed by atoms with Gasteiger partial charge >= 0.3 is 0 Å². The van der Waals surface area contributed by atoms with Gasteiger partial charge in [-0.1, -0.05) is 12.1 Å². The molecule has 0 amide bonds. The Labute approximate surface area is 134 Å². The smallest absolute Gasteiger partial charge is 0.119 e. The average molecular weight is 307 g/mol. The van der Waals surface area contributed by atoms with Gasteiger partial charge in [0.05, 0.1) is 13.2 Å². The van der Waals surface area contributed by atoms with Gasteiger partial charge in [-0.25, -0.2) is 0 Å². The molecular weight excluding hydrogens is 278 g/mol. The second-order valence-corrected chi connectivity index (χ2v) is 6.13. The average Bonchev–Trinajstić information content (AvgIpc) is 2.55. The Hall–Kier alpha value is -1.10. The summed E-state index contributed by atoms with van der Waals surface area (Å²) in [5.74, 6) is 0.911. The van der Waals surface area contributed by atoms with Crippen LogP contribution in [0.3, 0.4) is 0 Å². The van der Waals surface area contributed by atoms with Crippen LogP contribution in [0.5, 0.6) is 5.75 Å². The summed E-state index contributed by atoms with van der Waals surface area (Å²) in [5.41, 5.74) is 1.28. The Bertz CT molecular complexity index is 430. The number of benzene rings is 1. The van der Waals surface area contributed by atoms with Crippen LogP contribution in [-0.2, 0) is 11.3 Å². The van der Waals surface area contributed by atoms with Crippen molar-refractivity contribution >= 4 is 0 Å². The van der Waals surface area contributed by atoms with Gasteiger partial charge in [-0.05, 0) is 49.8 Å². The summed E-state index contributed by atoms with van der Waals surface area (Å²) in [6.07, 6.45) is 4.94. The summed E-state index contributed by atoms with van der Waals surface area (Å²) in [4.78, 5) is 2.54. The van der Waals surface area contributed by atoms with E-state index in [2.05, 4.69) is 17.0 Å². The molecule has 124 valence electrons. The van der Waals surface area contributed by atoms with Crippen LogP contribution in [0.25, 0.3) is 0 Å². The first-order chi connectivity index (χ1) is 10.7. The largest absolute Gasteiger partial charge is 0.497 e. The van der Waals surface area contributed by atoms with Crippen LogP contribution in [0.1, 0.15) is 37.7 Å². The van der Waals surface area contributed by atoms with Gasteiger partial charge in [0.2, 0.25) is 0 Å². The second-order valence-electron chi connectivity index (χ2n) is 6.13. The normalized spacial score (nSPS) is 22.0. The number of aliphatic hydroxyl groups excluding tert-OH is 1. The highest BCUT2D eigenvalue weighted by Gasteiger charge is 2.24. The van der Waals surface area contributed by atoms with Crippen LogP contribution in [0.15, 0.2) is 24.3 Å². The molecule has 0 aromatic heterocycles. The lowest BCUT2D eigenvalue weighted by Crippen LogP contribution is -2.39. The Morgan fingerprint density at radius 2 is 1.95 bits per heavy atom. The summed E-state index contributed by atoms with van der Waals surface area (Å²) >= 11 is 0. The zero-order chi connectivity index (χ0) is 15.8. The maximum Gasteiger partial charge on any atom is 0.119 e. The van der Waals surface area contributed by atoms with Crippen LogP contribution in [0.4, 0.5) is 0 Å². The number of aliphatic hydroxyl groups is 1. The van der Waals surface area contributed by atoms with Crippen LogP contribution in [-0.4, -0.2) is 49.5 Å². The first-order valence-electron chi connectivity index (χ1n) is 8.27. The summed E-state index contributed by atoms with van der Waals surface area (Å²) in [5, 5.41) is 9.73. The van der Waals surface area contributed by atoms with Crippen LogP contribution in [0, 0.1) is 0 Å². The predicted molar refractivity (Wildman–Crippen MR) is 88.2 cm³/mol. The van der Waals surface area contributed by atoms with E-state index < -0.39 is 0 Å². The maximum absolute atomic E-state index is 9.73. The molecule has 0 radical (unpaired) electrons. The Balaban J connectivity index is 1.99. The van der Waals surface area contributed by atoms with Gasteiger partial charge < -0.3 is 14.6 Å². The van der Waals surface area contributed by atoms with Crippen molar-refractivity contribution in [2.24, 2.45) is 0 Å². The first-order valence-corrected chi connectivity index (χ1v) is 8.27. The maximum atomic E-state index is 9.73. The van der Waals surface area contributed by atoms with Gasteiger partial charge in [-0.2, -0.15) is 0 Å². The van der Waals surface area contributed by atoms with E-state index in [9.17, 15) is 5.11 Å². The number of nitrogens with zero attached hydrogens (tertiary/aromatic N) is 1. The van der Waals surface area contributed by atoms with Crippen LogP contribution in [0.2, 0.25) is 0 Å². The second kappa shape index (κ2) is 9.13. The van der Waals surface area contributed by atoms with Crippen molar-refractivity contribution in [1.82, 2.24) is 4.90 Å². The zero-order valence-corrected chi connectivity index (χ0v) is 13.8. The van der Waals surface area contributed by atoms with Crippen molar-refractivity contribution < 1.29 is 14.6 Å². The van der Waals surface area contributed by atoms with Crippen molar-refractivity contribution in [2.45, 2.75) is 50.8 Å². The minimum atomic E-state index is -0.103.